The summed E-state index contributed by atoms with van der Waals surface area (Å²) in [7, 11) is 0. The van der Waals surface area contributed by atoms with Crippen molar-refractivity contribution in [3.63, 3.8) is 0 Å². The number of aldehydes is 1. The summed E-state index contributed by atoms with van der Waals surface area (Å²) in [6.45, 7) is 4.67. The molecule has 1 fully saturated rings. The highest BCUT2D eigenvalue weighted by molar-refractivity contribution is 5.70. The third-order valence-electron chi connectivity index (χ3n) is 5.27. The van der Waals surface area contributed by atoms with Crippen LogP contribution in [0.4, 0.5) is 4.79 Å². The fourth-order valence-corrected chi connectivity index (χ4v) is 3.60. The molecule has 26 heavy (non-hydrogen) atoms. The summed E-state index contributed by atoms with van der Waals surface area (Å²) in [5, 5.41) is 0. The van der Waals surface area contributed by atoms with Crippen molar-refractivity contribution in [3.8, 4) is 0 Å². The topological polar surface area (TPSA) is 46.6 Å². The molecule has 0 aromatic heterocycles. The van der Waals surface area contributed by atoms with Crippen LogP contribution in [0.25, 0.3) is 0 Å². The zero-order valence-corrected chi connectivity index (χ0v) is 15.4. The number of aryl methyl sites for hydroxylation is 1. The number of ether oxygens (including phenoxy) is 1. The number of cyclic esters (lactones) is 1. The highest BCUT2D eigenvalue weighted by Gasteiger charge is 2.43. The first-order valence-corrected chi connectivity index (χ1v) is 9.11. The second-order valence-electron chi connectivity index (χ2n) is 6.96. The van der Waals surface area contributed by atoms with Gasteiger partial charge < -0.3 is 14.4 Å². The van der Waals surface area contributed by atoms with Crippen LogP contribution < -0.4 is 0 Å². The van der Waals surface area contributed by atoms with Crippen molar-refractivity contribution in [2.75, 3.05) is 6.54 Å². The average molecular weight is 351 g/mol. The second-order valence-corrected chi connectivity index (χ2v) is 6.96. The molecule has 1 amide bonds. The Morgan fingerprint density at radius 2 is 1.85 bits per heavy atom. The van der Waals surface area contributed by atoms with E-state index in [0.29, 0.717) is 25.8 Å². The zero-order valence-electron chi connectivity index (χ0n) is 15.4. The lowest BCUT2D eigenvalue weighted by molar-refractivity contribution is -0.111. The van der Waals surface area contributed by atoms with Gasteiger partial charge >= 0.3 is 6.09 Å². The van der Waals surface area contributed by atoms with Gasteiger partial charge in [-0.05, 0) is 31.4 Å². The molecule has 0 bridgehead atoms. The summed E-state index contributed by atoms with van der Waals surface area (Å²) in [4.78, 5) is 25.6. The van der Waals surface area contributed by atoms with Crippen molar-refractivity contribution >= 4 is 12.4 Å². The lowest BCUT2D eigenvalue weighted by atomic mass is 9.84. The van der Waals surface area contributed by atoms with E-state index in [1.807, 2.05) is 44.2 Å². The third-order valence-corrected chi connectivity index (χ3v) is 5.27. The summed E-state index contributed by atoms with van der Waals surface area (Å²) < 4.78 is 5.97. The maximum atomic E-state index is 12.8. The number of carbonyl (C=O) groups excluding carboxylic acids is 2. The van der Waals surface area contributed by atoms with E-state index in [0.717, 1.165) is 17.4 Å². The van der Waals surface area contributed by atoms with E-state index in [2.05, 4.69) is 24.3 Å². The normalized spacial score (nSPS) is 21.2. The number of amides is 1. The Kier molecular flexibility index (Phi) is 5.40. The van der Waals surface area contributed by atoms with Crippen molar-refractivity contribution in [2.45, 2.75) is 44.8 Å². The Balaban J connectivity index is 1.81. The number of nitrogens with zero attached hydrogens (tertiary/aromatic N) is 1. The van der Waals surface area contributed by atoms with Crippen LogP contribution in [0, 0.1) is 6.92 Å². The van der Waals surface area contributed by atoms with Gasteiger partial charge in [0.15, 0.2) is 0 Å². The fourth-order valence-electron chi connectivity index (χ4n) is 3.60. The van der Waals surface area contributed by atoms with Crippen LogP contribution in [0.3, 0.4) is 0 Å². The van der Waals surface area contributed by atoms with Gasteiger partial charge in [0, 0.05) is 19.4 Å². The van der Waals surface area contributed by atoms with Gasteiger partial charge in [0.1, 0.15) is 11.9 Å². The van der Waals surface area contributed by atoms with E-state index in [4.69, 9.17) is 4.74 Å². The van der Waals surface area contributed by atoms with E-state index >= 15 is 0 Å². The Bertz CT molecular complexity index is 757. The van der Waals surface area contributed by atoms with Crippen LogP contribution in [-0.4, -0.2) is 23.8 Å². The molecule has 0 radical (unpaired) electrons. The van der Waals surface area contributed by atoms with Gasteiger partial charge in [0.05, 0.1) is 6.04 Å². The molecule has 3 rings (SSSR count). The first kappa shape index (κ1) is 18.2. The minimum absolute atomic E-state index is 0.0528. The molecule has 0 saturated carbocycles. The highest BCUT2D eigenvalue weighted by atomic mass is 16.6. The monoisotopic (exact) mass is 351 g/mol. The average Bonchev–Trinajstić information content (AvgIpc) is 2.67. The first-order chi connectivity index (χ1) is 12.6. The number of benzene rings is 2. The number of hydrogen-bond acceptors (Lipinski definition) is 3. The van der Waals surface area contributed by atoms with Gasteiger partial charge in [0.25, 0.3) is 0 Å². The molecule has 136 valence electrons. The van der Waals surface area contributed by atoms with E-state index in [-0.39, 0.29) is 12.1 Å². The molecular formula is C22H25NO3. The number of rotatable bonds is 6. The maximum absolute atomic E-state index is 12.8. The quantitative estimate of drug-likeness (QED) is 0.704. The lowest BCUT2D eigenvalue weighted by Crippen LogP contribution is -2.48. The number of carbonyl (C=O) groups is 2. The lowest BCUT2D eigenvalue weighted by Gasteiger charge is -2.43. The van der Waals surface area contributed by atoms with E-state index in [1.54, 1.807) is 4.90 Å². The van der Waals surface area contributed by atoms with E-state index in [1.165, 1.54) is 5.56 Å². The molecule has 4 nitrogen and oxygen atoms in total. The van der Waals surface area contributed by atoms with Gasteiger partial charge in [-0.2, -0.15) is 0 Å². The minimum atomic E-state index is -0.719. The summed E-state index contributed by atoms with van der Waals surface area (Å²) >= 11 is 0. The maximum Gasteiger partial charge on any atom is 0.411 e. The van der Waals surface area contributed by atoms with Crippen molar-refractivity contribution in [1.82, 2.24) is 4.90 Å². The van der Waals surface area contributed by atoms with Crippen LogP contribution in [0.15, 0.2) is 54.6 Å². The standard InChI is InChI=1S/C22H25NO3/c1-17-9-11-19(12-10-17)18(2)23-15-14-22(13-6-16-24,26-21(23)25)20-7-4-3-5-8-20/h3-5,7-12,16,18H,6,13-15H2,1-2H3/t18-,22+/m0/s1. The predicted molar refractivity (Wildman–Crippen MR) is 101 cm³/mol. The van der Waals surface area contributed by atoms with Crippen LogP contribution in [-0.2, 0) is 15.1 Å². The molecule has 2 atom stereocenters. The van der Waals surface area contributed by atoms with Crippen LogP contribution in [0.5, 0.6) is 0 Å². The molecule has 0 unspecified atom stereocenters. The Hall–Kier alpha value is -2.62. The molecule has 1 aliphatic heterocycles. The summed E-state index contributed by atoms with van der Waals surface area (Å²) in [6.07, 6.45) is 2.13. The van der Waals surface area contributed by atoms with Gasteiger partial charge in [-0.3, -0.25) is 0 Å². The Labute approximate surface area is 154 Å². The third kappa shape index (κ3) is 3.64. The van der Waals surface area contributed by atoms with E-state index in [9.17, 15) is 9.59 Å². The predicted octanol–water partition coefficient (Wildman–Crippen LogP) is 4.77. The largest absolute Gasteiger partial charge is 0.438 e. The highest BCUT2D eigenvalue weighted by Crippen LogP contribution is 2.40. The Morgan fingerprint density at radius 3 is 2.46 bits per heavy atom. The summed E-state index contributed by atoms with van der Waals surface area (Å²) in [6, 6.07) is 17.9. The van der Waals surface area contributed by atoms with Crippen LogP contribution in [0.1, 0.15) is 48.9 Å². The van der Waals surface area contributed by atoms with Gasteiger partial charge in [-0.1, -0.05) is 60.2 Å². The molecule has 0 spiro atoms. The zero-order chi connectivity index (χ0) is 18.6. The molecule has 0 N–H and O–H groups in total. The van der Waals surface area contributed by atoms with Crippen molar-refractivity contribution in [1.29, 1.82) is 0 Å². The molecule has 1 aliphatic rings. The number of hydrogen-bond donors (Lipinski definition) is 0. The molecule has 2 aromatic rings. The van der Waals surface area contributed by atoms with Gasteiger partial charge in [0.2, 0.25) is 0 Å². The molecule has 4 heteroatoms. The fraction of sp³-hybridized carbons (Fsp3) is 0.364. The van der Waals surface area contributed by atoms with Gasteiger partial charge in [-0.15, -0.1) is 0 Å². The molecule has 1 heterocycles. The molecule has 2 aromatic carbocycles. The Morgan fingerprint density at radius 1 is 1.15 bits per heavy atom. The second kappa shape index (κ2) is 7.73. The summed E-state index contributed by atoms with van der Waals surface area (Å²) in [5.74, 6) is 0. The molecule has 0 aliphatic carbocycles. The van der Waals surface area contributed by atoms with Crippen molar-refractivity contribution in [2.24, 2.45) is 0 Å². The molecular weight excluding hydrogens is 326 g/mol. The van der Waals surface area contributed by atoms with Crippen molar-refractivity contribution in [3.05, 3.63) is 71.3 Å². The van der Waals surface area contributed by atoms with Crippen molar-refractivity contribution < 1.29 is 14.3 Å². The SMILES string of the molecule is Cc1ccc([C@H](C)N2CC[C@](CCC=O)(c3ccccc3)OC2=O)cc1. The van der Waals surface area contributed by atoms with Crippen LogP contribution >= 0.6 is 0 Å². The molecule has 1 saturated heterocycles. The van der Waals surface area contributed by atoms with Gasteiger partial charge in [-0.25, -0.2) is 4.79 Å². The van der Waals surface area contributed by atoms with E-state index < -0.39 is 5.60 Å². The first-order valence-electron chi connectivity index (χ1n) is 9.11. The smallest absolute Gasteiger partial charge is 0.411 e. The van der Waals surface area contributed by atoms with Crippen LogP contribution in [0.2, 0.25) is 0 Å². The minimum Gasteiger partial charge on any atom is -0.438 e. The summed E-state index contributed by atoms with van der Waals surface area (Å²) in [5.41, 5.74) is 2.52.